The van der Waals surface area contributed by atoms with Crippen molar-refractivity contribution in [2.24, 2.45) is 4.99 Å². The lowest BCUT2D eigenvalue weighted by molar-refractivity contribution is -0.143. The Morgan fingerprint density at radius 2 is 2.10 bits per heavy atom. The Hall–Kier alpha value is -2.48. The van der Waals surface area contributed by atoms with Crippen LogP contribution in [0.15, 0.2) is 34.5 Å². The molecule has 29 heavy (non-hydrogen) atoms. The lowest BCUT2D eigenvalue weighted by Gasteiger charge is -2.39. The molecule has 1 aromatic rings. The van der Waals surface area contributed by atoms with E-state index in [4.69, 9.17) is 14.2 Å². The molecule has 0 unspecified atom stereocenters. The standard InChI is InChI=1S/C21H26N2O5S/c1-6-27-15-8-7-14(11-16(15)26-5)19-18(20(25)28-12(2)3)13(4)22-21-23(19)17(24)9-10-29-21/h7-8,11-12,19H,6,9-10H2,1-5H3/t19-/m1/s1. The summed E-state index contributed by atoms with van der Waals surface area (Å²) in [4.78, 5) is 31.9. The summed E-state index contributed by atoms with van der Waals surface area (Å²) in [5.41, 5.74) is 1.66. The molecule has 1 saturated heterocycles. The summed E-state index contributed by atoms with van der Waals surface area (Å²) in [7, 11) is 1.56. The summed E-state index contributed by atoms with van der Waals surface area (Å²) < 4.78 is 16.6. The minimum atomic E-state index is -0.626. The molecular formula is C21H26N2O5S. The highest BCUT2D eigenvalue weighted by atomic mass is 32.2. The van der Waals surface area contributed by atoms with Gasteiger partial charge in [0.05, 0.1) is 37.1 Å². The molecule has 2 aliphatic rings. The van der Waals surface area contributed by atoms with E-state index in [1.165, 1.54) is 11.8 Å². The van der Waals surface area contributed by atoms with E-state index < -0.39 is 12.0 Å². The first kappa shape index (κ1) is 21.2. The van der Waals surface area contributed by atoms with Crippen LogP contribution in [0.4, 0.5) is 0 Å². The maximum atomic E-state index is 13.0. The third-order valence-electron chi connectivity index (χ3n) is 4.57. The molecular weight excluding hydrogens is 392 g/mol. The molecule has 1 aromatic carbocycles. The van der Waals surface area contributed by atoms with Crippen LogP contribution >= 0.6 is 11.8 Å². The fourth-order valence-corrected chi connectivity index (χ4v) is 4.39. The topological polar surface area (TPSA) is 77.4 Å². The van der Waals surface area contributed by atoms with E-state index in [2.05, 4.69) is 4.99 Å². The zero-order valence-electron chi connectivity index (χ0n) is 17.4. The zero-order valence-corrected chi connectivity index (χ0v) is 18.2. The number of thioether (sulfide) groups is 1. The van der Waals surface area contributed by atoms with Crippen LogP contribution in [-0.4, -0.2) is 47.5 Å². The van der Waals surface area contributed by atoms with Crippen LogP contribution in [0.5, 0.6) is 11.5 Å². The molecule has 0 saturated carbocycles. The third kappa shape index (κ3) is 4.27. The van der Waals surface area contributed by atoms with Crippen LogP contribution in [0, 0.1) is 0 Å². The van der Waals surface area contributed by atoms with Crippen molar-refractivity contribution < 1.29 is 23.8 Å². The van der Waals surface area contributed by atoms with Crippen LogP contribution in [0.2, 0.25) is 0 Å². The molecule has 1 atom stereocenters. The van der Waals surface area contributed by atoms with Gasteiger partial charge in [-0.1, -0.05) is 17.8 Å². The predicted molar refractivity (Wildman–Crippen MR) is 112 cm³/mol. The zero-order chi connectivity index (χ0) is 21.1. The highest BCUT2D eigenvalue weighted by Gasteiger charge is 2.42. The van der Waals surface area contributed by atoms with Crippen LogP contribution < -0.4 is 9.47 Å². The number of hydrogen-bond donors (Lipinski definition) is 0. The molecule has 3 rings (SSSR count). The van der Waals surface area contributed by atoms with Crippen molar-refractivity contribution in [1.82, 2.24) is 4.90 Å². The number of hydrogen-bond acceptors (Lipinski definition) is 7. The van der Waals surface area contributed by atoms with E-state index in [-0.39, 0.29) is 12.0 Å². The Labute approximate surface area is 175 Å². The second-order valence-corrected chi connectivity index (χ2v) is 8.02. The van der Waals surface area contributed by atoms with Gasteiger partial charge in [0.25, 0.3) is 0 Å². The number of esters is 1. The van der Waals surface area contributed by atoms with E-state index in [0.29, 0.717) is 46.7 Å². The largest absolute Gasteiger partial charge is 0.493 e. The average molecular weight is 419 g/mol. The summed E-state index contributed by atoms with van der Waals surface area (Å²) in [5.74, 6) is 1.28. The lowest BCUT2D eigenvalue weighted by Crippen LogP contribution is -2.46. The van der Waals surface area contributed by atoms with Crippen molar-refractivity contribution in [2.45, 2.75) is 46.3 Å². The minimum Gasteiger partial charge on any atom is -0.493 e. The molecule has 2 heterocycles. The van der Waals surface area contributed by atoms with Gasteiger partial charge in [-0.15, -0.1) is 0 Å². The number of benzene rings is 1. The van der Waals surface area contributed by atoms with Gasteiger partial charge in [-0.25, -0.2) is 9.79 Å². The molecule has 8 heteroatoms. The van der Waals surface area contributed by atoms with E-state index >= 15 is 0 Å². The Balaban J connectivity index is 2.14. The number of nitrogens with zero attached hydrogens (tertiary/aromatic N) is 2. The van der Waals surface area contributed by atoms with E-state index in [1.54, 1.807) is 44.9 Å². The Bertz CT molecular complexity index is 878. The highest BCUT2D eigenvalue weighted by molar-refractivity contribution is 8.14. The number of carbonyl (C=O) groups is 2. The first-order valence-electron chi connectivity index (χ1n) is 9.63. The van der Waals surface area contributed by atoms with Crippen molar-refractivity contribution in [3.63, 3.8) is 0 Å². The van der Waals surface area contributed by atoms with Gasteiger partial charge in [0.15, 0.2) is 16.7 Å². The van der Waals surface area contributed by atoms with Gasteiger partial charge >= 0.3 is 5.97 Å². The maximum absolute atomic E-state index is 13.0. The molecule has 1 fully saturated rings. The lowest BCUT2D eigenvalue weighted by atomic mass is 9.93. The summed E-state index contributed by atoms with van der Waals surface area (Å²) >= 11 is 1.51. The van der Waals surface area contributed by atoms with E-state index in [0.717, 1.165) is 5.56 Å². The van der Waals surface area contributed by atoms with Gasteiger partial charge in [-0.3, -0.25) is 9.69 Å². The van der Waals surface area contributed by atoms with E-state index in [1.807, 2.05) is 13.0 Å². The molecule has 7 nitrogen and oxygen atoms in total. The molecule has 156 valence electrons. The molecule has 0 aromatic heterocycles. The Morgan fingerprint density at radius 3 is 2.76 bits per heavy atom. The van der Waals surface area contributed by atoms with Crippen molar-refractivity contribution in [3.8, 4) is 11.5 Å². The number of ether oxygens (including phenoxy) is 3. The quantitative estimate of drug-likeness (QED) is 0.656. The van der Waals surface area contributed by atoms with Gasteiger partial charge in [0, 0.05) is 12.2 Å². The number of rotatable bonds is 6. The summed E-state index contributed by atoms with van der Waals surface area (Å²) in [5, 5.41) is 0.609. The first-order valence-corrected chi connectivity index (χ1v) is 10.6. The molecule has 0 spiro atoms. The van der Waals surface area contributed by atoms with Crippen LogP contribution in [-0.2, 0) is 14.3 Å². The van der Waals surface area contributed by atoms with Crippen molar-refractivity contribution in [1.29, 1.82) is 0 Å². The van der Waals surface area contributed by atoms with Crippen molar-refractivity contribution >= 4 is 28.8 Å². The highest BCUT2D eigenvalue weighted by Crippen LogP contribution is 2.42. The number of amidine groups is 1. The fourth-order valence-electron chi connectivity index (χ4n) is 3.38. The molecule has 0 bridgehead atoms. The average Bonchev–Trinajstić information content (AvgIpc) is 2.67. The number of fused-ring (bicyclic) bond motifs is 1. The monoisotopic (exact) mass is 418 g/mol. The molecule has 0 radical (unpaired) electrons. The van der Waals surface area contributed by atoms with Gasteiger partial charge in [-0.2, -0.15) is 0 Å². The summed E-state index contributed by atoms with van der Waals surface area (Å²) in [6.45, 7) is 7.76. The fraction of sp³-hybridized carbons (Fsp3) is 0.476. The van der Waals surface area contributed by atoms with Crippen molar-refractivity contribution in [2.75, 3.05) is 19.5 Å². The van der Waals surface area contributed by atoms with Gasteiger partial charge in [-0.05, 0) is 45.4 Å². The molecule has 1 amide bonds. The maximum Gasteiger partial charge on any atom is 0.338 e. The molecule has 2 aliphatic heterocycles. The smallest absolute Gasteiger partial charge is 0.338 e. The predicted octanol–water partition coefficient (Wildman–Crippen LogP) is 3.70. The minimum absolute atomic E-state index is 0.0669. The number of aliphatic imine (C=N–C) groups is 1. The van der Waals surface area contributed by atoms with Gasteiger partial charge < -0.3 is 14.2 Å². The SMILES string of the molecule is CCOc1ccc([C@@H]2C(C(=O)OC(C)C)=C(C)N=C3SCCC(=O)N32)cc1OC. The van der Waals surface area contributed by atoms with Crippen LogP contribution in [0.25, 0.3) is 0 Å². The Kier molecular flexibility index (Phi) is 6.52. The van der Waals surface area contributed by atoms with Crippen molar-refractivity contribution in [3.05, 3.63) is 35.0 Å². The second kappa shape index (κ2) is 8.90. The normalized spacial score (nSPS) is 19.1. The second-order valence-electron chi connectivity index (χ2n) is 6.96. The molecule has 0 aliphatic carbocycles. The van der Waals surface area contributed by atoms with Crippen LogP contribution in [0.3, 0.4) is 0 Å². The summed E-state index contributed by atoms with van der Waals surface area (Å²) in [6, 6.07) is 4.83. The van der Waals surface area contributed by atoms with E-state index in [9.17, 15) is 9.59 Å². The van der Waals surface area contributed by atoms with Gasteiger partial charge in [0.2, 0.25) is 5.91 Å². The summed E-state index contributed by atoms with van der Waals surface area (Å²) in [6.07, 6.45) is 0.107. The number of carbonyl (C=O) groups excluding carboxylic acids is 2. The number of methoxy groups -OCH3 is 1. The van der Waals surface area contributed by atoms with Crippen LogP contribution in [0.1, 0.15) is 45.7 Å². The third-order valence-corrected chi connectivity index (χ3v) is 5.53. The Morgan fingerprint density at radius 1 is 1.34 bits per heavy atom. The molecule has 0 N–H and O–H groups in total. The number of allylic oxidation sites excluding steroid dienone is 1. The first-order chi connectivity index (χ1) is 13.9. The number of amides is 1. The van der Waals surface area contributed by atoms with Gasteiger partial charge in [0.1, 0.15) is 0 Å².